The number of nitrogens with one attached hydrogen (secondary N) is 1. The maximum Gasteiger partial charge on any atom is 0.269 e. The summed E-state index contributed by atoms with van der Waals surface area (Å²) < 4.78 is 4.79. The zero-order valence-corrected chi connectivity index (χ0v) is 12.1. The van der Waals surface area contributed by atoms with E-state index >= 15 is 0 Å². The summed E-state index contributed by atoms with van der Waals surface area (Å²) in [5.41, 5.74) is 0.543. The van der Waals surface area contributed by atoms with Crippen LogP contribution < -0.4 is 5.32 Å². The van der Waals surface area contributed by atoms with E-state index in [9.17, 15) is 20.0 Å². The van der Waals surface area contributed by atoms with Crippen LogP contribution in [0.3, 0.4) is 0 Å². The highest BCUT2D eigenvalue weighted by atomic mass is 16.6. The fraction of sp³-hybridized carbons (Fsp3) is 0.500. The Bertz CT molecular complexity index is 492. The third kappa shape index (κ3) is 5.49. The van der Waals surface area contributed by atoms with Crippen LogP contribution in [0.25, 0.3) is 0 Å². The highest BCUT2D eigenvalue weighted by Gasteiger charge is 2.17. The van der Waals surface area contributed by atoms with Crippen molar-refractivity contribution in [2.75, 3.05) is 20.3 Å². The quantitative estimate of drug-likeness (QED) is 0.554. The Morgan fingerprint density at radius 1 is 1.52 bits per heavy atom. The van der Waals surface area contributed by atoms with E-state index in [1.165, 1.54) is 19.2 Å². The fourth-order valence-corrected chi connectivity index (χ4v) is 1.85. The van der Waals surface area contributed by atoms with Gasteiger partial charge in [-0.05, 0) is 18.9 Å². The number of aliphatic hydroxyl groups excluding tert-OH is 1. The highest BCUT2D eigenvalue weighted by Crippen LogP contribution is 2.20. The molecule has 0 saturated heterocycles. The summed E-state index contributed by atoms with van der Waals surface area (Å²) in [7, 11) is 1.49. The molecule has 1 aromatic carbocycles. The average molecular weight is 296 g/mol. The van der Waals surface area contributed by atoms with Crippen LogP contribution in [0.4, 0.5) is 5.69 Å². The van der Waals surface area contributed by atoms with Gasteiger partial charge in [0, 0.05) is 25.8 Å². The lowest BCUT2D eigenvalue weighted by molar-refractivity contribution is -0.384. The van der Waals surface area contributed by atoms with Gasteiger partial charge in [-0.1, -0.05) is 12.1 Å². The molecule has 0 saturated carbocycles. The second kappa shape index (κ2) is 8.33. The molecule has 0 aromatic heterocycles. The molecule has 1 aromatic rings. The number of carbonyl (C=O) groups is 1. The Morgan fingerprint density at radius 2 is 2.24 bits per heavy atom. The third-order valence-electron chi connectivity index (χ3n) is 3.11. The summed E-state index contributed by atoms with van der Waals surface area (Å²) in [4.78, 5) is 22.2. The SMILES string of the molecule is COCC(O)CCNC(=O)C(C)c1cccc([N+](=O)[O-])c1. The number of non-ortho nitro benzene ring substituents is 1. The molecule has 0 fully saturated rings. The summed E-state index contributed by atoms with van der Waals surface area (Å²) >= 11 is 0. The van der Waals surface area contributed by atoms with E-state index in [0.29, 0.717) is 18.5 Å². The predicted octanol–water partition coefficient (Wildman–Crippen LogP) is 1.21. The number of benzene rings is 1. The van der Waals surface area contributed by atoms with Gasteiger partial charge >= 0.3 is 0 Å². The first-order chi connectivity index (χ1) is 9.95. The Kier molecular flexibility index (Phi) is 6.77. The number of hydrogen-bond acceptors (Lipinski definition) is 5. The van der Waals surface area contributed by atoms with E-state index in [2.05, 4.69) is 5.32 Å². The topological polar surface area (TPSA) is 102 Å². The van der Waals surface area contributed by atoms with Crippen molar-refractivity contribution in [1.29, 1.82) is 0 Å². The van der Waals surface area contributed by atoms with E-state index in [-0.39, 0.29) is 18.2 Å². The first-order valence-electron chi connectivity index (χ1n) is 6.64. The molecule has 116 valence electrons. The summed E-state index contributed by atoms with van der Waals surface area (Å²) in [5, 5.41) is 22.9. The second-order valence-corrected chi connectivity index (χ2v) is 4.76. The van der Waals surface area contributed by atoms with Gasteiger partial charge in [-0.15, -0.1) is 0 Å². The Morgan fingerprint density at radius 3 is 2.86 bits per heavy atom. The second-order valence-electron chi connectivity index (χ2n) is 4.76. The molecule has 2 atom stereocenters. The molecule has 21 heavy (non-hydrogen) atoms. The molecule has 0 spiro atoms. The number of nitro benzene ring substituents is 1. The molecule has 1 rings (SSSR count). The monoisotopic (exact) mass is 296 g/mol. The van der Waals surface area contributed by atoms with Crippen LogP contribution in [0.1, 0.15) is 24.8 Å². The van der Waals surface area contributed by atoms with Gasteiger partial charge in [0.05, 0.1) is 23.6 Å². The lowest BCUT2D eigenvalue weighted by Crippen LogP contribution is -2.31. The Hall–Kier alpha value is -1.99. The zero-order chi connectivity index (χ0) is 15.8. The van der Waals surface area contributed by atoms with E-state index < -0.39 is 16.9 Å². The standard InChI is InChI=1S/C14H20N2O5/c1-10(11-4-3-5-12(8-11)16(19)20)14(18)15-7-6-13(17)9-21-2/h3-5,8,10,13,17H,6-7,9H2,1-2H3,(H,15,18). The molecule has 0 bridgehead atoms. The number of methoxy groups -OCH3 is 1. The normalized spacial score (nSPS) is 13.5. The molecule has 0 aliphatic rings. The van der Waals surface area contributed by atoms with E-state index in [4.69, 9.17) is 4.74 Å². The lowest BCUT2D eigenvalue weighted by atomic mass is 10.00. The van der Waals surface area contributed by atoms with Gasteiger partial charge < -0.3 is 15.2 Å². The van der Waals surface area contributed by atoms with Crippen molar-refractivity contribution in [1.82, 2.24) is 5.32 Å². The molecule has 0 heterocycles. The van der Waals surface area contributed by atoms with Crippen LogP contribution in [0, 0.1) is 10.1 Å². The minimum absolute atomic E-state index is 0.0392. The molecule has 0 radical (unpaired) electrons. The Labute approximate surface area is 123 Å². The smallest absolute Gasteiger partial charge is 0.269 e. The summed E-state index contributed by atoms with van der Waals surface area (Å²) in [6, 6.07) is 6.01. The van der Waals surface area contributed by atoms with E-state index in [1.54, 1.807) is 19.1 Å². The van der Waals surface area contributed by atoms with Crippen LogP contribution in [0.2, 0.25) is 0 Å². The number of aliphatic hydroxyl groups is 1. The molecular formula is C14H20N2O5. The molecule has 0 aliphatic carbocycles. The summed E-state index contributed by atoms with van der Waals surface area (Å²) in [6.45, 7) is 2.22. The van der Waals surface area contributed by atoms with Gasteiger partial charge in [0.1, 0.15) is 0 Å². The third-order valence-corrected chi connectivity index (χ3v) is 3.11. The number of carbonyl (C=O) groups excluding carboxylic acids is 1. The fourth-order valence-electron chi connectivity index (χ4n) is 1.85. The first-order valence-corrected chi connectivity index (χ1v) is 6.64. The zero-order valence-electron chi connectivity index (χ0n) is 12.1. The number of ether oxygens (including phenoxy) is 1. The van der Waals surface area contributed by atoms with Crippen LogP contribution in [0.5, 0.6) is 0 Å². The van der Waals surface area contributed by atoms with Crippen LogP contribution >= 0.6 is 0 Å². The predicted molar refractivity (Wildman–Crippen MR) is 77.0 cm³/mol. The summed E-state index contributed by atoms with van der Waals surface area (Å²) in [5.74, 6) is -0.732. The van der Waals surface area contributed by atoms with Gasteiger partial charge in [0.15, 0.2) is 0 Å². The molecule has 2 unspecified atom stereocenters. The van der Waals surface area contributed by atoms with Crippen LogP contribution in [-0.2, 0) is 9.53 Å². The average Bonchev–Trinajstić information content (AvgIpc) is 2.46. The molecular weight excluding hydrogens is 276 g/mol. The minimum Gasteiger partial charge on any atom is -0.391 e. The van der Waals surface area contributed by atoms with Crippen molar-refractivity contribution < 1.29 is 19.6 Å². The van der Waals surface area contributed by atoms with Gasteiger partial charge in [0.2, 0.25) is 5.91 Å². The molecule has 7 heteroatoms. The molecule has 1 amide bonds. The maximum atomic E-state index is 12.0. The van der Waals surface area contributed by atoms with E-state index in [0.717, 1.165) is 0 Å². The van der Waals surface area contributed by atoms with Crippen molar-refractivity contribution in [3.63, 3.8) is 0 Å². The number of rotatable bonds is 8. The molecule has 0 aliphatic heterocycles. The largest absolute Gasteiger partial charge is 0.391 e. The van der Waals surface area contributed by atoms with Crippen LogP contribution in [0.15, 0.2) is 24.3 Å². The van der Waals surface area contributed by atoms with Gasteiger partial charge in [-0.3, -0.25) is 14.9 Å². The number of nitro groups is 1. The van der Waals surface area contributed by atoms with E-state index in [1.807, 2.05) is 0 Å². The number of hydrogen-bond donors (Lipinski definition) is 2. The van der Waals surface area contributed by atoms with Gasteiger partial charge in [-0.25, -0.2) is 0 Å². The van der Waals surface area contributed by atoms with Gasteiger partial charge in [0.25, 0.3) is 5.69 Å². The molecule has 2 N–H and O–H groups in total. The van der Waals surface area contributed by atoms with Crippen LogP contribution in [-0.4, -0.2) is 42.3 Å². The highest BCUT2D eigenvalue weighted by molar-refractivity contribution is 5.83. The number of amides is 1. The van der Waals surface area contributed by atoms with Gasteiger partial charge in [-0.2, -0.15) is 0 Å². The van der Waals surface area contributed by atoms with Crippen molar-refractivity contribution in [2.24, 2.45) is 0 Å². The van der Waals surface area contributed by atoms with Crippen molar-refractivity contribution in [2.45, 2.75) is 25.4 Å². The maximum absolute atomic E-state index is 12.0. The molecule has 7 nitrogen and oxygen atoms in total. The van der Waals surface area contributed by atoms with Crippen molar-refractivity contribution in [3.8, 4) is 0 Å². The first kappa shape index (κ1) is 17.1. The Balaban J connectivity index is 2.54. The summed E-state index contributed by atoms with van der Waals surface area (Å²) in [6.07, 6.45) is -0.232. The van der Waals surface area contributed by atoms with Crippen molar-refractivity contribution >= 4 is 11.6 Å². The van der Waals surface area contributed by atoms with Crippen molar-refractivity contribution in [3.05, 3.63) is 39.9 Å². The number of nitrogens with zero attached hydrogens (tertiary/aromatic N) is 1. The minimum atomic E-state index is -0.622. The lowest BCUT2D eigenvalue weighted by Gasteiger charge is -2.14.